The predicted octanol–water partition coefficient (Wildman–Crippen LogP) is 1.36. The largest absolute Gasteiger partial charge is 0.496 e. The summed E-state index contributed by atoms with van der Waals surface area (Å²) in [6.45, 7) is 3.41. The molecule has 0 saturated heterocycles. The van der Waals surface area contributed by atoms with Crippen LogP contribution in [0.5, 0.6) is 5.75 Å². The van der Waals surface area contributed by atoms with Gasteiger partial charge < -0.3 is 10.1 Å². The number of benzene rings is 1. The van der Waals surface area contributed by atoms with Crippen molar-refractivity contribution < 1.29 is 4.74 Å². The zero-order valence-corrected chi connectivity index (χ0v) is 11.0. The second-order valence-corrected chi connectivity index (χ2v) is 4.20. The third-order valence-corrected chi connectivity index (χ3v) is 2.69. The van der Waals surface area contributed by atoms with Gasteiger partial charge in [-0.05, 0) is 20.0 Å². The third-order valence-electron chi connectivity index (χ3n) is 2.69. The molecule has 0 atom stereocenters. The number of hydrogen-bond acceptors (Lipinski definition) is 4. The van der Waals surface area contributed by atoms with E-state index in [0.29, 0.717) is 13.1 Å². The van der Waals surface area contributed by atoms with E-state index in [1.165, 1.54) is 5.56 Å². The van der Waals surface area contributed by atoms with Crippen molar-refractivity contribution in [2.24, 2.45) is 0 Å². The molecule has 1 heterocycles. The van der Waals surface area contributed by atoms with Gasteiger partial charge in [0.05, 0.1) is 20.2 Å². The fourth-order valence-electron chi connectivity index (χ4n) is 1.85. The van der Waals surface area contributed by atoms with Crippen molar-refractivity contribution in [1.82, 2.24) is 20.1 Å². The van der Waals surface area contributed by atoms with Crippen LogP contribution >= 0.6 is 0 Å². The van der Waals surface area contributed by atoms with Gasteiger partial charge in [0.15, 0.2) is 5.82 Å². The molecule has 5 heteroatoms. The summed E-state index contributed by atoms with van der Waals surface area (Å²) < 4.78 is 7.18. The predicted molar refractivity (Wildman–Crippen MR) is 69.6 cm³/mol. The van der Waals surface area contributed by atoms with Crippen LogP contribution in [0.15, 0.2) is 24.5 Å². The Kier molecular flexibility index (Phi) is 3.94. The molecular weight excluding hydrogens is 228 g/mol. The highest BCUT2D eigenvalue weighted by molar-refractivity contribution is 5.36. The Hall–Kier alpha value is -1.88. The molecule has 1 N–H and O–H groups in total. The van der Waals surface area contributed by atoms with Gasteiger partial charge in [-0.25, -0.2) is 9.67 Å². The number of rotatable bonds is 5. The molecular formula is C13H18N4O. The van der Waals surface area contributed by atoms with Crippen LogP contribution < -0.4 is 10.1 Å². The maximum absolute atomic E-state index is 5.35. The van der Waals surface area contributed by atoms with Crippen LogP contribution in [0.1, 0.15) is 17.0 Å². The number of aromatic nitrogens is 3. The Morgan fingerprint density at radius 3 is 2.94 bits per heavy atom. The maximum atomic E-state index is 5.35. The van der Waals surface area contributed by atoms with Gasteiger partial charge in [0.25, 0.3) is 0 Å². The lowest BCUT2D eigenvalue weighted by Crippen LogP contribution is -2.08. The number of methoxy groups -OCH3 is 1. The van der Waals surface area contributed by atoms with Gasteiger partial charge >= 0.3 is 0 Å². The average Bonchev–Trinajstić information content (AvgIpc) is 2.77. The first-order chi connectivity index (χ1) is 8.72. The second kappa shape index (κ2) is 5.64. The fraction of sp³-hybridized carbons (Fsp3) is 0.385. The molecule has 2 aromatic rings. The lowest BCUT2D eigenvalue weighted by atomic mass is 10.1. The van der Waals surface area contributed by atoms with Gasteiger partial charge in [-0.1, -0.05) is 17.7 Å². The van der Waals surface area contributed by atoms with Crippen molar-refractivity contribution in [3.05, 3.63) is 41.5 Å². The van der Waals surface area contributed by atoms with Crippen LogP contribution in [0.3, 0.4) is 0 Å². The minimum absolute atomic E-state index is 0.668. The maximum Gasteiger partial charge on any atom is 0.164 e. The summed E-state index contributed by atoms with van der Waals surface area (Å²) >= 11 is 0. The molecule has 0 aliphatic carbocycles. The Morgan fingerprint density at radius 2 is 2.22 bits per heavy atom. The summed E-state index contributed by atoms with van der Waals surface area (Å²) in [4.78, 5) is 4.23. The first kappa shape index (κ1) is 12.6. The Balaban J connectivity index is 2.19. The van der Waals surface area contributed by atoms with Crippen LogP contribution in [-0.4, -0.2) is 28.9 Å². The van der Waals surface area contributed by atoms with Crippen molar-refractivity contribution in [3.63, 3.8) is 0 Å². The quantitative estimate of drug-likeness (QED) is 0.865. The average molecular weight is 246 g/mol. The second-order valence-electron chi connectivity index (χ2n) is 4.20. The minimum Gasteiger partial charge on any atom is -0.496 e. The summed E-state index contributed by atoms with van der Waals surface area (Å²) in [6, 6.07) is 6.13. The lowest BCUT2D eigenvalue weighted by Gasteiger charge is -2.09. The molecule has 0 fully saturated rings. The van der Waals surface area contributed by atoms with Crippen molar-refractivity contribution in [1.29, 1.82) is 0 Å². The molecule has 18 heavy (non-hydrogen) atoms. The molecule has 0 unspecified atom stereocenters. The number of hydrogen-bond donors (Lipinski definition) is 1. The molecule has 5 nitrogen and oxygen atoms in total. The van der Waals surface area contributed by atoms with Crippen LogP contribution in [0.25, 0.3) is 0 Å². The first-order valence-electron chi connectivity index (χ1n) is 5.89. The smallest absolute Gasteiger partial charge is 0.164 e. The van der Waals surface area contributed by atoms with Crippen molar-refractivity contribution in [3.8, 4) is 5.75 Å². The van der Waals surface area contributed by atoms with E-state index in [2.05, 4.69) is 28.4 Å². The van der Waals surface area contributed by atoms with Crippen LogP contribution in [-0.2, 0) is 13.1 Å². The van der Waals surface area contributed by atoms with Crippen LogP contribution in [0.2, 0.25) is 0 Å². The normalized spacial score (nSPS) is 10.6. The van der Waals surface area contributed by atoms with E-state index in [0.717, 1.165) is 17.1 Å². The molecule has 1 aromatic heterocycles. The zero-order valence-electron chi connectivity index (χ0n) is 11.0. The summed E-state index contributed by atoms with van der Waals surface area (Å²) in [5.74, 6) is 1.68. The zero-order chi connectivity index (χ0) is 13.0. The molecule has 2 rings (SSSR count). The van der Waals surface area contributed by atoms with E-state index in [-0.39, 0.29) is 0 Å². The molecule has 96 valence electrons. The van der Waals surface area contributed by atoms with Gasteiger partial charge in [-0.15, -0.1) is 0 Å². The number of ether oxygens (including phenoxy) is 1. The standard InChI is InChI=1S/C13H18N4O/c1-10-4-5-12(18-3)11(6-10)8-17-9-15-13(16-17)7-14-2/h4-6,9,14H,7-8H2,1-3H3. The Labute approximate surface area is 107 Å². The lowest BCUT2D eigenvalue weighted by molar-refractivity contribution is 0.407. The van der Waals surface area contributed by atoms with Gasteiger partial charge in [0, 0.05) is 5.56 Å². The van der Waals surface area contributed by atoms with Crippen LogP contribution in [0, 0.1) is 6.92 Å². The first-order valence-corrected chi connectivity index (χ1v) is 5.89. The van der Waals surface area contributed by atoms with Crippen molar-refractivity contribution in [2.45, 2.75) is 20.0 Å². The third kappa shape index (κ3) is 2.87. The highest BCUT2D eigenvalue weighted by atomic mass is 16.5. The number of aryl methyl sites for hydroxylation is 1. The van der Waals surface area contributed by atoms with E-state index in [1.54, 1.807) is 13.4 Å². The van der Waals surface area contributed by atoms with Gasteiger partial charge in [0.2, 0.25) is 0 Å². The van der Waals surface area contributed by atoms with E-state index in [4.69, 9.17) is 4.74 Å². The van der Waals surface area contributed by atoms with Gasteiger partial charge in [0.1, 0.15) is 12.1 Å². The summed E-state index contributed by atoms with van der Waals surface area (Å²) in [5.41, 5.74) is 2.32. The summed E-state index contributed by atoms with van der Waals surface area (Å²) in [6.07, 6.45) is 1.74. The number of nitrogens with one attached hydrogen (secondary N) is 1. The van der Waals surface area contributed by atoms with Crippen molar-refractivity contribution in [2.75, 3.05) is 14.2 Å². The van der Waals surface area contributed by atoms with Crippen LogP contribution in [0.4, 0.5) is 0 Å². The molecule has 1 aromatic carbocycles. The minimum atomic E-state index is 0.668. The molecule has 0 aliphatic heterocycles. The topological polar surface area (TPSA) is 52.0 Å². The van der Waals surface area contributed by atoms with Gasteiger partial charge in [-0.2, -0.15) is 5.10 Å². The molecule has 0 saturated carbocycles. The number of nitrogens with zero attached hydrogens (tertiary/aromatic N) is 3. The van der Waals surface area contributed by atoms with E-state index >= 15 is 0 Å². The Bertz CT molecular complexity index is 521. The molecule has 0 bridgehead atoms. The highest BCUT2D eigenvalue weighted by Crippen LogP contribution is 2.20. The van der Waals surface area contributed by atoms with E-state index in [1.807, 2.05) is 23.9 Å². The van der Waals surface area contributed by atoms with Gasteiger partial charge in [-0.3, -0.25) is 0 Å². The molecule has 0 aliphatic rings. The molecule has 0 amide bonds. The summed E-state index contributed by atoms with van der Waals surface area (Å²) in [7, 11) is 3.56. The highest BCUT2D eigenvalue weighted by Gasteiger charge is 2.06. The SMILES string of the molecule is CNCc1ncn(Cc2cc(C)ccc2OC)n1. The fourth-order valence-corrected chi connectivity index (χ4v) is 1.85. The van der Waals surface area contributed by atoms with Crippen molar-refractivity contribution >= 4 is 0 Å². The molecule has 0 radical (unpaired) electrons. The van der Waals surface area contributed by atoms with E-state index in [9.17, 15) is 0 Å². The van der Waals surface area contributed by atoms with E-state index < -0.39 is 0 Å². The monoisotopic (exact) mass is 246 g/mol. The summed E-state index contributed by atoms with van der Waals surface area (Å²) in [5, 5.41) is 7.42. The molecule has 0 spiro atoms. The Morgan fingerprint density at radius 1 is 1.39 bits per heavy atom.